The minimum atomic E-state index is -5.03. The van der Waals surface area contributed by atoms with Crippen LogP contribution in [0.1, 0.15) is 22.4 Å². The maximum absolute atomic E-state index is 13.2. The van der Waals surface area contributed by atoms with Crippen LogP contribution in [0.25, 0.3) is 11.1 Å². The minimum absolute atomic E-state index is 0.0219. The lowest BCUT2D eigenvalue weighted by Crippen LogP contribution is -2.19. The quantitative estimate of drug-likeness (QED) is 0.488. The number of nitrogens with zero attached hydrogens (tertiary/aromatic N) is 1. The molecule has 0 atom stereocenters. The van der Waals surface area contributed by atoms with Gasteiger partial charge in [-0.2, -0.15) is 26.3 Å². The van der Waals surface area contributed by atoms with E-state index >= 15 is 0 Å². The molecule has 0 aliphatic carbocycles. The van der Waals surface area contributed by atoms with Crippen LogP contribution in [0.4, 0.5) is 32.0 Å². The van der Waals surface area contributed by atoms with Crippen LogP contribution in [-0.2, 0) is 23.6 Å². The molecule has 1 aromatic heterocycles. The molecule has 2 aromatic carbocycles. The minimum Gasteiger partial charge on any atom is -0.326 e. The highest BCUT2D eigenvalue weighted by atomic mass is 19.4. The molecule has 162 valence electrons. The normalized spacial score (nSPS) is 12.0. The van der Waals surface area contributed by atoms with Crippen molar-refractivity contribution in [3.63, 3.8) is 0 Å². The Balaban J connectivity index is 1.76. The van der Waals surface area contributed by atoms with Crippen LogP contribution in [0.15, 0.2) is 60.8 Å². The number of alkyl halides is 6. The van der Waals surface area contributed by atoms with E-state index in [-0.39, 0.29) is 6.07 Å². The zero-order chi connectivity index (χ0) is 22.8. The molecule has 31 heavy (non-hydrogen) atoms. The van der Waals surface area contributed by atoms with Gasteiger partial charge in [0.1, 0.15) is 0 Å². The lowest BCUT2D eigenvalue weighted by atomic mass is 10.00. The van der Waals surface area contributed by atoms with Crippen LogP contribution in [0.3, 0.4) is 0 Å². The maximum Gasteiger partial charge on any atom is 0.416 e. The summed E-state index contributed by atoms with van der Waals surface area (Å²) in [4.78, 5) is 16.3. The summed E-state index contributed by atoms with van der Waals surface area (Å²) in [6, 6.07) is 11.5. The van der Waals surface area contributed by atoms with Crippen molar-refractivity contribution >= 4 is 11.6 Å². The summed E-state index contributed by atoms with van der Waals surface area (Å²) in [5.41, 5.74) is -0.517. The van der Waals surface area contributed by atoms with E-state index in [1.807, 2.05) is 19.1 Å². The molecule has 0 saturated carbocycles. The summed E-state index contributed by atoms with van der Waals surface area (Å²) in [5, 5.41) is 2.46. The van der Waals surface area contributed by atoms with Crippen molar-refractivity contribution in [3.05, 3.63) is 83.2 Å². The van der Waals surface area contributed by atoms with Gasteiger partial charge in [-0.1, -0.05) is 18.2 Å². The topological polar surface area (TPSA) is 42.0 Å². The van der Waals surface area contributed by atoms with Gasteiger partial charge in [-0.25, -0.2) is 0 Å². The first-order chi connectivity index (χ1) is 14.4. The molecule has 0 unspecified atom stereocenters. The predicted molar refractivity (Wildman–Crippen MR) is 103 cm³/mol. The molecule has 1 heterocycles. The van der Waals surface area contributed by atoms with Gasteiger partial charge in [-0.15, -0.1) is 0 Å². The fraction of sp³-hybridized carbons (Fsp3) is 0.182. The first-order valence-corrected chi connectivity index (χ1v) is 9.04. The number of aromatic nitrogens is 1. The molecule has 0 aliphatic heterocycles. The van der Waals surface area contributed by atoms with Crippen LogP contribution >= 0.6 is 0 Å². The number of carbonyl (C=O) groups excluding carboxylic acids is 1. The Morgan fingerprint density at radius 3 is 2.13 bits per heavy atom. The number of nitrogens with one attached hydrogen (secondary N) is 1. The SMILES string of the molecule is Cc1cc(-c2ccc(NC(=O)Cc3ccc(C(F)(F)F)cc3C(F)(F)F)cc2)ccn1. The summed E-state index contributed by atoms with van der Waals surface area (Å²) < 4.78 is 78.0. The molecule has 1 amide bonds. The first-order valence-electron chi connectivity index (χ1n) is 9.04. The second-order valence-corrected chi connectivity index (χ2v) is 6.86. The number of halogens is 6. The fourth-order valence-electron chi connectivity index (χ4n) is 3.02. The average Bonchev–Trinajstić information content (AvgIpc) is 2.67. The van der Waals surface area contributed by atoms with E-state index in [0.29, 0.717) is 17.8 Å². The number of hydrogen-bond acceptors (Lipinski definition) is 2. The number of benzene rings is 2. The van der Waals surface area contributed by atoms with E-state index in [1.54, 1.807) is 30.5 Å². The van der Waals surface area contributed by atoms with Gasteiger partial charge in [0.15, 0.2) is 0 Å². The second kappa shape index (κ2) is 8.41. The number of carbonyl (C=O) groups is 1. The summed E-state index contributed by atoms with van der Waals surface area (Å²) >= 11 is 0. The van der Waals surface area contributed by atoms with Crippen molar-refractivity contribution in [1.29, 1.82) is 0 Å². The van der Waals surface area contributed by atoms with Gasteiger partial charge in [0.05, 0.1) is 17.5 Å². The van der Waals surface area contributed by atoms with Gasteiger partial charge in [0.2, 0.25) is 5.91 Å². The molecular formula is C22H16F6N2O. The highest BCUT2D eigenvalue weighted by Crippen LogP contribution is 2.37. The highest BCUT2D eigenvalue weighted by molar-refractivity contribution is 5.92. The van der Waals surface area contributed by atoms with Crippen LogP contribution in [0.2, 0.25) is 0 Å². The average molecular weight is 438 g/mol. The van der Waals surface area contributed by atoms with Gasteiger partial charge >= 0.3 is 12.4 Å². The molecule has 0 spiro atoms. The third-order valence-electron chi connectivity index (χ3n) is 4.49. The molecule has 0 saturated heterocycles. The Bertz CT molecular complexity index is 1090. The first kappa shape index (κ1) is 22.3. The third kappa shape index (κ3) is 5.62. The summed E-state index contributed by atoms with van der Waals surface area (Å²) in [6.07, 6.45) is -9.02. The summed E-state index contributed by atoms with van der Waals surface area (Å²) in [7, 11) is 0. The van der Waals surface area contributed by atoms with Crippen molar-refractivity contribution in [2.24, 2.45) is 0 Å². The Morgan fingerprint density at radius 2 is 1.55 bits per heavy atom. The molecule has 0 bridgehead atoms. The fourth-order valence-corrected chi connectivity index (χ4v) is 3.02. The van der Waals surface area contributed by atoms with Crippen LogP contribution < -0.4 is 5.32 Å². The largest absolute Gasteiger partial charge is 0.416 e. The predicted octanol–water partition coefficient (Wildman–Crippen LogP) is 6.28. The molecule has 3 aromatic rings. The van der Waals surface area contributed by atoms with E-state index in [9.17, 15) is 31.1 Å². The number of pyridine rings is 1. The van der Waals surface area contributed by atoms with E-state index in [4.69, 9.17) is 0 Å². The number of aryl methyl sites for hydroxylation is 1. The van der Waals surface area contributed by atoms with Crippen molar-refractivity contribution in [2.75, 3.05) is 5.32 Å². The summed E-state index contributed by atoms with van der Waals surface area (Å²) in [6.45, 7) is 1.84. The van der Waals surface area contributed by atoms with E-state index in [1.165, 1.54) is 0 Å². The smallest absolute Gasteiger partial charge is 0.326 e. The number of amides is 1. The molecule has 3 rings (SSSR count). The maximum atomic E-state index is 13.2. The Kier molecular flexibility index (Phi) is 6.06. The van der Waals surface area contributed by atoms with Crippen molar-refractivity contribution < 1.29 is 31.1 Å². The zero-order valence-electron chi connectivity index (χ0n) is 16.1. The lowest BCUT2D eigenvalue weighted by Gasteiger charge is -2.16. The third-order valence-corrected chi connectivity index (χ3v) is 4.49. The van der Waals surface area contributed by atoms with E-state index < -0.39 is 41.4 Å². The molecule has 0 radical (unpaired) electrons. The molecule has 9 heteroatoms. The Labute approximate surface area is 173 Å². The van der Waals surface area contributed by atoms with Gasteiger partial charge in [-0.05, 0) is 60.0 Å². The molecule has 0 fully saturated rings. The van der Waals surface area contributed by atoms with Crippen LogP contribution in [0.5, 0.6) is 0 Å². The van der Waals surface area contributed by atoms with E-state index in [0.717, 1.165) is 16.8 Å². The van der Waals surface area contributed by atoms with Gasteiger partial charge < -0.3 is 5.32 Å². The summed E-state index contributed by atoms with van der Waals surface area (Å²) in [5.74, 6) is -0.780. The Morgan fingerprint density at radius 1 is 0.871 bits per heavy atom. The van der Waals surface area contributed by atoms with Crippen molar-refractivity contribution in [1.82, 2.24) is 4.98 Å². The standard InChI is InChI=1S/C22H16F6N2O/c1-13-10-15(8-9-29-13)14-3-6-18(7-4-14)30-20(31)11-16-2-5-17(21(23,24)25)12-19(16)22(26,27)28/h2-10,12H,11H2,1H3,(H,30,31). The van der Waals surface area contributed by atoms with Crippen LogP contribution in [0, 0.1) is 6.92 Å². The molecule has 0 aliphatic rings. The van der Waals surface area contributed by atoms with E-state index in [2.05, 4.69) is 10.3 Å². The second-order valence-electron chi connectivity index (χ2n) is 6.86. The van der Waals surface area contributed by atoms with Gasteiger partial charge in [0, 0.05) is 17.6 Å². The van der Waals surface area contributed by atoms with Gasteiger partial charge in [0.25, 0.3) is 0 Å². The molecule has 1 N–H and O–H groups in total. The number of anilines is 1. The van der Waals surface area contributed by atoms with Gasteiger partial charge in [-0.3, -0.25) is 9.78 Å². The molecular weight excluding hydrogens is 422 g/mol. The zero-order valence-corrected chi connectivity index (χ0v) is 16.1. The van der Waals surface area contributed by atoms with Crippen molar-refractivity contribution in [3.8, 4) is 11.1 Å². The highest BCUT2D eigenvalue weighted by Gasteiger charge is 2.38. The molecule has 3 nitrogen and oxygen atoms in total. The van der Waals surface area contributed by atoms with Crippen molar-refractivity contribution in [2.45, 2.75) is 25.7 Å². The monoisotopic (exact) mass is 438 g/mol. The lowest BCUT2D eigenvalue weighted by molar-refractivity contribution is -0.143. The Hall–Kier alpha value is -3.36. The van der Waals surface area contributed by atoms with Crippen LogP contribution in [-0.4, -0.2) is 10.9 Å². The number of hydrogen-bond donors (Lipinski definition) is 1. The number of rotatable bonds is 4.